The molecule has 0 unspecified atom stereocenters. The number of hydrogen-bond donors (Lipinski definition) is 0. The number of hydrogen-bond acceptors (Lipinski definition) is 4. The van der Waals surface area contributed by atoms with Gasteiger partial charge in [-0.2, -0.15) is 0 Å². The van der Waals surface area contributed by atoms with Crippen molar-refractivity contribution in [3.05, 3.63) is 36.2 Å². The third-order valence-corrected chi connectivity index (χ3v) is 3.18. The van der Waals surface area contributed by atoms with Gasteiger partial charge in [0.2, 0.25) is 0 Å². The molecule has 0 fully saturated rings. The van der Waals surface area contributed by atoms with E-state index in [9.17, 15) is 0 Å². The molecular formula is C16H23ClN4. The van der Waals surface area contributed by atoms with Crippen molar-refractivity contribution in [2.75, 3.05) is 0 Å². The Bertz CT molecular complexity index is 496. The van der Waals surface area contributed by atoms with Gasteiger partial charge in [-0.05, 0) is 25.0 Å². The summed E-state index contributed by atoms with van der Waals surface area (Å²) in [5.74, 6) is 1.80. The molecule has 0 aromatic carbocycles. The fraction of sp³-hybridized carbons (Fsp3) is 0.500. The molecule has 0 atom stereocenters. The summed E-state index contributed by atoms with van der Waals surface area (Å²) in [4.78, 5) is 17.8. The number of nitrogens with zero attached hydrogens (tertiary/aromatic N) is 4. The summed E-state index contributed by atoms with van der Waals surface area (Å²) in [5.41, 5.74) is 1.79. The van der Waals surface area contributed by atoms with Crippen LogP contribution in [0.2, 0.25) is 0 Å². The third kappa shape index (κ3) is 5.38. The number of aromatic nitrogens is 4. The standard InChI is InChI=1S/C16H22N4.ClH/c1-3-5-7-15-17-11-9-13(19-15)14-10-12-18-16(20-14)8-6-4-2;/h9-12H,3-8H2,1-2H3;1H. The number of halogens is 1. The van der Waals surface area contributed by atoms with Crippen molar-refractivity contribution in [3.8, 4) is 11.4 Å². The molecule has 0 aliphatic rings. The minimum absolute atomic E-state index is 0. The van der Waals surface area contributed by atoms with Gasteiger partial charge in [-0.1, -0.05) is 26.7 Å². The van der Waals surface area contributed by atoms with Crippen molar-refractivity contribution in [1.82, 2.24) is 19.9 Å². The van der Waals surface area contributed by atoms with E-state index in [1.54, 1.807) is 0 Å². The lowest BCUT2D eigenvalue weighted by Crippen LogP contribution is -2.00. The molecule has 2 heterocycles. The lowest BCUT2D eigenvalue weighted by Gasteiger charge is -2.04. The van der Waals surface area contributed by atoms with Gasteiger partial charge in [-0.15, -0.1) is 12.4 Å². The maximum atomic E-state index is 4.60. The van der Waals surface area contributed by atoms with E-state index >= 15 is 0 Å². The van der Waals surface area contributed by atoms with Crippen LogP contribution in [0.3, 0.4) is 0 Å². The molecule has 114 valence electrons. The summed E-state index contributed by atoms with van der Waals surface area (Å²) in [5, 5.41) is 0. The van der Waals surface area contributed by atoms with Crippen molar-refractivity contribution >= 4 is 12.4 Å². The van der Waals surface area contributed by atoms with Crippen LogP contribution < -0.4 is 0 Å². The predicted octanol–water partition coefficient (Wildman–Crippen LogP) is 4.04. The van der Waals surface area contributed by atoms with E-state index in [0.29, 0.717) is 0 Å². The molecule has 0 saturated heterocycles. The lowest BCUT2D eigenvalue weighted by molar-refractivity contribution is 0.747. The smallest absolute Gasteiger partial charge is 0.129 e. The Balaban J connectivity index is 0.00000220. The molecule has 0 radical (unpaired) electrons. The third-order valence-electron chi connectivity index (χ3n) is 3.18. The summed E-state index contributed by atoms with van der Waals surface area (Å²) in [6.45, 7) is 4.35. The first kappa shape index (κ1) is 17.5. The maximum Gasteiger partial charge on any atom is 0.129 e. The molecule has 0 aliphatic heterocycles. The Morgan fingerprint density at radius 2 is 1.19 bits per heavy atom. The fourth-order valence-electron chi connectivity index (χ4n) is 1.99. The Labute approximate surface area is 132 Å². The second kappa shape index (κ2) is 9.40. The summed E-state index contributed by atoms with van der Waals surface area (Å²) in [6.07, 6.45) is 10.0. The molecule has 5 heteroatoms. The predicted molar refractivity (Wildman–Crippen MR) is 87.5 cm³/mol. The Hall–Kier alpha value is -1.55. The molecule has 0 amide bonds. The van der Waals surface area contributed by atoms with Crippen LogP contribution in [-0.4, -0.2) is 19.9 Å². The van der Waals surface area contributed by atoms with Crippen LogP contribution in [-0.2, 0) is 12.8 Å². The van der Waals surface area contributed by atoms with Crippen LogP contribution in [0, 0.1) is 0 Å². The minimum Gasteiger partial charge on any atom is -0.241 e. The highest BCUT2D eigenvalue weighted by molar-refractivity contribution is 5.85. The van der Waals surface area contributed by atoms with E-state index in [0.717, 1.165) is 61.6 Å². The Kier molecular flexibility index (Phi) is 7.83. The van der Waals surface area contributed by atoms with Crippen molar-refractivity contribution in [2.45, 2.75) is 52.4 Å². The van der Waals surface area contributed by atoms with Gasteiger partial charge in [-0.25, -0.2) is 19.9 Å². The van der Waals surface area contributed by atoms with Crippen LogP contribution in [0.25, 0.3) is 11.4 Å². The van der Waals surface area contributed by atoms with Crippen LogP contribution in [0.15, 0.2) is 24.5 Å². The molecule has 2 rings (SSSR count). The Morgan fingerprint density at radius 3 is 1.57 bits per heavy atom. The van der Waals surface area contributed by atoms with Gasteiger partial charge in [-0.3, -0.25) is 0 Å². The molecule has 4 nitrogen and oxygen atoms in total. The van der Waals surface area contributed by atoms with Crippen LogP contribution >= 0.6 is 12.4 Å². The van der Waals surface area contributed by atoms with Crippen molar-refractivity contribution in [3.63, 3.8) is 0 Å². The fourth-order valence-corrected chi connectivity index (χ4v) is 1.99. The maximum absolute atomic E-state index is 4.60. The van der Waals surface area contributed by atoms with E-state index in [2.05, 4.69) is 33.8 Å². The van der Waals surface area contributed by atoms with Gasteiger partial charge in [0.15, 0.2) is 0 Å². The van der Waals surface area contributed by atoms with Crippen LogP contribution in [0.5, 0.6) is 0 Å². The number of rotatable bonds is 7. The second-order valence-electron chi connectivity index (χ2n) is 4.92. The molecule has 0 spiro atoms. The molecule has 21 heavy (non-hydrogen) atoms. The molecule has 2 aromatic heterocycles. The summed E-state index contributed by atoms with van der Waals surface area (Å²) < 4.78 is 0. The van der Waals surface area contributed by atoms with E-state index in [1.165, 1.54) is 0 Å². The van der Waals surface area contributed by atoms with Crippen molar-refractivity contribution < 1.29 is 0 Å². The SMILES string of the molecule is CCCCc1nccc(-c2ccnc(CCCC)n2)n1.Cl. The van der Waals surface area contributed by atoms with Crippen molar-refractivity contribution in [2.24, 2.45) is 0 Å². The zero-order chi connectivity index (χ0) is 14.2. The molecular weight excluding hydrogens is 284 g/mol. The average Bonchev–Trinajstić information content (AvgIpc) is 2.51. The van der Waals surface area contributed by atoms with Gasteiger partial charge in [0.05, 0.1) is 11.4 Å². The Morgan fingerprint density at radius 1 is 0.762 bits per heavy atom. The van der Waals surface area contributed by atoms with Gasteiger partial charge in [0.25, 0.3) is 0 Å². The quantitative estimate of drug-likeness (QED) is 0.774. The van der Waals surface area contributed by atoms with Gasteiger partial charge < -0.3 is 0 Å². The topological polar surface area (TPSA) is 51.6 Å². The van der Waals surface area contributed by atoms with E-state index < -0.39 is 0 Å². The highest BCUT2D eigenvalue weighted by Crippen LogP contribution is 2.14. The minimum atomic E-state index is 0. The lowest BCUT2D eigenvalue weighted by atomic mass is 10.2. The zero-order valence-corrected chi connectivity index (χ0v) is 13.6. The summed E-state index contributed by atoms with van der Waals surface area (Å²) >= 11 is 0. The highest BCUT2D eigenvalue weighted by atomic mass is 35.5. The largest absolute Gasteiger partial charge is 0.241 e. The first-order valence-corrected chi connectivity index (χ1v) is 7.47. The van der Waals surface area contributed by atoms with E-state index in [-0.39, 0.29) is 12.4 Å². The van der Waals surface area contributed by atoms with E-state index in [1.807, 2.05) is 24.5 Å². The average molecular weight is 307 g/mol. The molecule has 2 aromatic rings. The zero-order valence-electron chi connectivity index (χ0n) is 12.7. The van der Waals surface area contributed by atoms with Gasteiger partial charge in [0.1, 0.15) is 11.6 Å². The number of aryl methyl sites for hydroxylation is 2. The first-order valence-electron chi connectivity index (χ1n) is 7.47. The van der Waals surface area contributed by atoms with Crippen LogP contribution in [0.4, 0.5) is 0 Å². The van der Waals surface area contributed by atoms with Crippen molar-refractivity contribution in [1.29, 1.82) is 0 Å². The monoisotopic (exact) mass is 306 g/mol. The van der Waals surface area contributed by atoms with E-state index in [4.69, 9.17) is 0 Å². The molecule has 0 bridgehead atoms. The number of unbranched alkanes of at least 4 members (excludes halogenated alkanes) is 2. The molecule has 0 saturated carbocycles. The van der Waals surface area contributed by atoms with Gasteiger partial charge >= 0.3 is 0 Å². The highest BCUT2D eigenvalue weighted by Gasteiger charge is 2.05. The normalized spacial score (nSPS) is 10.2. The first-order chi connectivity index (χ1) is 9.83. The van der Waals surface area contributed by atoms with Crippen LogP contribution in [0.1, 0.15) is 51.2 Å². The molecule has 0 aliphatic carbocycles. The summed E-state index contributed by atoms with van der Waals surface area (Å²) in [7, 11) is 0. The summed E-state index contributed by atoms with van der Waals surface area (Å²) in [6, 6.07) is 3.84. The second-order valence-corrected chi connectivity index (χ2v) is 4.92. The molecule has 0 N–H and O–H groups in total. The van der Waals surface area contributed by atoms with Gasteiger partial charge in [0, 0.05) is 25.2 Å².